The van der Waals surface area contributed by atoms with Crippen LogP contribution in [0.3, 0.4) is 0 Å². The van der Waals surface area contributed by atoms with E-state index in [0.29, 0.717) is 5.41 Å². The van der Waals surface area contributed by atoms with Gasteiger partial charge in [-0.1, -0.05) is 31.0 Å². The van der Waals surface area contributed by atoms with Crippen molar-refractivity contribution in [1.29, 1.82) is 0 Å². The largest absolute Gasteiger partial charge is 0.381 e. The van der Waals surface area contributed by atoms with Gasteiger partial charge < -0.3 is 19.9 Å². The van der Waals surface area contributed by atoms with Gasteiger partial charge in [0.2, 0.25) is 0 Å². The number of rotatable bonds is 4. The Bertz CT molecular complexity index is 709. The van der Waals surface area contributed by atoms with Gasteiger partial charge in [0.25, 0.3) is 0 Å². The minimum absolute atomic E-state index is 0. The van der Waals surface area contributed by atoms with Crippen LogP contribution in [0.15, 0.2) is 29.3 Å². The van der Waals surface area contributed by atoms with Gasteiger partial charge in [-0.3, -0.25) is 4.99 Å². The number of hydrogen-bond donors (Lipinski definition) is 1. The molecule has 0 bridgehead atoms. The Labute approximate surface area is 193 Å². The van der Waals surface area contributed by atoms with Crippen LogP contribution in [0.25, 0.3) is 0 Å². The normalized spacial score (nSPS) is 22.6. The first-order valence-electron chi connectivity index (χ1n) is 11.0. The van der Waals surface area contributed by atoms with Crippen molar-refractivity contribution in [3.63, 3.8) is 0 Å². The smallest absolute Gasteiger partial charge is 0.198 e. The van der Waals surface area contributed by atoms with Crippen molar-refractivity contribution < 1.29 is 4.74 Å². The highest BCUT2D eigenvalue weighted by molar-refractivity contribution is 14.0. The van der Waals surface area contributed by atoms with Crippen molar-refractivity contribution in [2.45, 2.75) is 56.4 Å². The number of nitrogens with one attached hydrogen (secondary N) is 1. The van der Waals surface area contributed by atoms with E-state index in [1.165, 1.54) is 36.9 Å². The molecule has 1 spiro atoms. The molecule has 0 amide bonds. The number of aliphatic imine (C=N–C) groups is 1. The SMILES string of the molecule is CCNC(=NCC1(N(C)C)CCOCC1)N1CC2(CCCC2)c2ccccc21.I. The van der Waals surface area contributed by atoms with Gasteiger partial charge in [0, 0.05) is 42.9 Å². The number of anilines is 1. The quantitative estimate of drug-likeness (QED) is 0.376. The molecule has 0 unspecified atom stereocenters. The summed E-state index contributed by atoms with van der Waals surface area (Å²) < 4.78 is 5.64. The maximum atomic E-state index is 5.64. The molecule has 2 fully saturated rings. The summed E-state index contributed by atoms with van der Waals surface area (Å²) in [6, 6.07) is 9.01. The van der Waals surface area contributed by atoms with Crippen LogP contribution in [-0.4, -0.2) is 63.3 Å². The number of fused-ring (bicyclic) bond motifs is 2. The van der Waals surface area contributed by atoms with Crippen LogP contribution in [0.1, 0.15) is 51.0 Å². The standard InChI is InChI=1S/C23H36N4O.HI/c1-4-24-21(25-17-23(26(2)3)13-15-28-16-14-23)27-18-22(11-7-8-12-22)19-9-5-6-10-20(19)27;/h5-6,9-10H,4,7-8,11-18H2,1-3H3,(H,24,25);1H. The lowest BCUT2D eigenvalue weighted by Gasteiger charge is -2.42. The predicted molar refractivity (Wildman–Crippen MR) is 132 cm³/mol. The van der Waals surface area contributed by atoms with Gasteiger partial charge in [0.05, 0.1) is 6.54 Å². The van der Waals surface area contributed by atoms with E-state index in [1.807, 2.05) is 0 Å². The summed E-state index contributed by atoms with van der Waals surface area (Å²) >= 11 is 0. The molecule has 2 aliphatic heterocycles. The molecule has 1 aliphatic carbocycles. The Morgan fingerprint density at radius 2 is 1.83 bits per heavy atom. The average molecular weight is 512 g/mol. The van der Waals surface area contributed by atoms with E-state index in [2.05, 4.69) is 60.4 Å². The molecule has 5 nitrogen and oxygen atoms in total. The van der Waals surface area contributed by atoms with Crippen molar-refractivity contribution in [3.8, 4) is 0 Å². The van der Waals surface area contributed by atoms with Crippen LogP contribution in [0.2, 0.25) is 0 Å². The molecule has 1 aromatic carbocycles. The van der Waals surface area contributed by atoms with E-state index < -0.39 is 0 Å². The molecule has 2 heterocycles. The lowest BCUT2D eigenvalue weighted by molar-refractivity contribution is -0.00252. The highest BCUT2D eigenvalue weighted by Crippen LogP contribution is 2.50. The minimum Gasteiger partial charge on any atom is -0.381 e. The third-order valence-electron chi connectivity index (χ3n) is 7.27. The van der Waals surface area contributed by atoms with Gasteiger partial charge in [-0.05, 0) is 58.3 Å². The van der Waals surface area contributed by atoms with Crippen LogP contribution < -0.4 is 10.2 Å². The fourth-order valence-electron chi connectivity index (χ4n) is 5.41. The Hall–Kier alpha value is -0.860. The molecular weight excluding hydrogens is 475 g/mol. The number of nitrogens with zero attached hydrogens (tertiary/aromatic N) is 3. The molecule has 1 N–H and O–H groups in total. The van der Waals surface area contributed by atoms with E-state index in [0.717, 1.165) is 51.6 Å². The maximum absolute atomic E-state index is 5.64. The van der Waals surface area contributed by atoms with Crippen LogP contribution in [0, 0.1) is 0 Å². The van der Waals surface area contributed by atoms with Crippen LogP contribution in [0.4, 0.5) is 5.69 Å². The van der Waals surface area contributed by atoms with Crippen molar-refractivity contribution >= 4 is 35.6 Å². The molecule has 6 heteroatoms. The van der Waals surface area contributed by atoms with Crippen LogP contribution >= 0.6 is 24.0 Å². The molecule has 1 aromatic rings. The minimum atomic E-state index is 0. The number of guanidine groups is 1. The maximum Gasteiger partial charge on any atom is 0.198 e. The van der Waals surface area contributed by atoms with Crippen LogP contribution in [-0.2, 0) is 10.2 Å². The molecule has 0 radical (unpaired) electrons. The highest BCUT2D eigenvalue weighted by atomic mass is 127. The first kappa shape index (κ1) is 22.8. The molecule has 0 aromatic heterocycles. The second-order valence-corrected chi connectivity index (χ2v) is 8.99. The van der Waals surface area contributed by atoms with Crippen LogP contribution in [0.5, 0.6) is 0 Å². The second-order valence-electron chi connectivity index (χ2n) is 8.99. The number of ether oxygens (including phenoxy) is 1. The predicted octanol–water partition coefficient (Wildman–Crippen LogP) is 4.01. The topological polar surface area (TPSA) is 40.1 Å². The fourth-order valence-corrected chi connectivity index (χ4v) is 5.41. The van der Waals surface area contributed by atoms with Crippen molar-refractivity contribution in [1.82, 2.24) is 10.2 Å². The van der Waals surface area contributed by atoms with Gasteiger partial charge in [-0.2, -0.15) is 0 Å². The van der Waals surface area contributed by atoms with Gasteiger partial charge >= 0.3 is 0 Å². The van der Waals surface area contributed by atoms with E-state index in [-0.39, 0.29) is 29.5 Å². The highest BCUT2D eigenvalue weighted by Gasteiger charge is 2.45. The number of halogens is 1. The van der Waals surface area contributed by atoms with Crippen molar-refractivity contribution in [2.75, 3.05) is 51.8 Å². The molecule has 4 rings (SSSR count). The Balaban J connectivity index is 0.00000240. The molecule has 1 saturated carbocycles. The van der Waals surface area contributed by atoms with E-state index in [9.17, 15) is 0 Å². The summed E-state index contributed by atoms with van der Waals surface area (Å²) in [6.45, 7) is 6.61. The zero-order valence-corrected chi connectivity index (χ0v) is 20.6. The molecular formula is C23H37IN4O. The summed E-state index contributed by atoms with van der Waals surface area (Å²) in [4.78, 5) is 10.0. The third kappa shape index (κ3) is 4.30. The summed E-state index contributed by atoms with van der Waals surface area (Å²) in [5.74, 6) is 1.05. The number of hydrogen-bond acceptors (Lipinski definition) is 3. The lowest BCUT2D eigenvalue weighted by atomic mass is 9.81. The van der Waals surface area contributed by atoms with E-state index >= 15 is 0 Å². The zero-order chi connectivity index (χ0) is 19.6. The van der Waals surface area contributed by atoms with E-state index in [4.69, 9.17) is 9.73 Å². The molecule has 1 saturated heterocycles. The number of benzene rings is 1. The summed E-state index contributed by atoms with van der Waals surface area (Å²) in [6.07, 6.45) is 7.39. The molecule has 3 aliphatic rings. The number of likely N-dealkylation sites (N-methyl/N-ethyl adjacent to an activating group) is 1. The van der Waals surface area contributed by atoms with Gasteiger partial charge in [0.15, 0.2) is 5.96 Å². The van der Waals surface area contributed by atoms with Crippen molar-refractivity contribution in [2.24, 2.45) is 4.99 Å². The Morgan fingerprint density at radius 3 is 2.48 bits per heavy atom. The monoisotopic (exact) mass is 512 g/mol. The number of para-hydroxylation sites is 1. The molecule has 0 atom stereocenters. The van der Waals surface area contributed by atoms with Gasteiger partial charge in [-0.25, -0.2) is 0 Å². The molecule has 29 heavy (non-hydrogen) atoms. The average Bonchev–Trinajstić information content (AvgIpc) is 3.32. The second kappa shape index (κ2) is 9.52. The Kier molecular flexibility index (Phi) is 7.49. The summed E-state index contributed by atoms with van der Waals surface area (Å²) in [5.41, 5.74) is 3.31. The van der Waals surface area contributed by atoms with Crippen molar-refractivity contribution in [3.05, 3.63) is 29.8 Å². The summed E-state index contributed by atoms with van der Waals surface area (Å²) in [5, 5.41) is 3.59. The van der Waals surface area contributed by atoms with E-state index in [1.54, 1.807) is 0 Å². The molecule has 162 valence electrons. The lowest BCUT2D eigenvalue weighted by Crippen LogP contribution is -2.52. The zero-order valence-electron chi connectivity index (χ0n) is 18.2. The first-order chi connectivity index (χ1) is 13.6. The summed E-state index contributed by atoms with van der Waals surface area (Å²) in [7, 11) is 4.37. The first-order valence-corrected chi connectivity index (χ1v) is 11.0. The Morgan fingerprint density at radius 1 is 1.14 bits per heavy atom. The fraction of sp³-hybridized carbons (Fsp3) is 0.696. The third-order valence-corrected chi connectivity index (χ3v) is 7.27. The van der Waals surface area contributed by atoms with Gasteiger partial charge in [-0.15, -0.1) is 24.0 Å². The van der Waals surface area contributed by atoms with Gasteiger partial charge in [0.1, 0.15) is 0 Å².